The second kappa shape index (κ2) is 8.68. The van der Waals surface area contributed by atoms with Gasteiger partial charge in [-0.1, -0.05) is 18.2 Å². The molecule has 26 heavy (non-hydrogen) atoms. The highest BCUT2D eigenvalue weighted by Gasteiger charge is 2.26. The lowest BCUT2D eigenvalue weighted by Gasteiger charge is -2.35. The molecule has 0 saturated carbocycles. The van der Waals surface area contributed by atoms with Crippen LogP contribution >= 0.6 is 0 Å². The molecular weight excluding hydrogens is 342 g/mol. The van der Waals surface area contributed by atoms with Crippen molar-refractivity contribution in [1.82, 2.24) is 15.2 Å². The SMILES string of the molecule is O=C(CN1CCNCC1c1cccnc1)Nc1ccccc1OC(F)F. The summed E-state index contributed by atoms with van der Waals surface area (Å²) in [6, 6.07) is 10.0. The molecular formula is C18H20F2N4O2. The van der Waals surface area contributed by atoms with E-state index < -0.39 is 6.61 Å². The number of amides is 1. The second-order valence-corrected chi connectivity index (χ2v) is 5.90. The number of nitrogens with one attached hydrogen (secondary N) is 2. The molecule has 0 aliphatic carbocycles. The molecule has 1 aromatic heterocycles. The molecule has 1 amide bonds. The molecule has 6 nitrogen and oxygen atoms in total. The lowest BCUT2D eigenvalue weighted by molar-refractivity contribution is -0.118. The van der Waals surface area contributed by atoms with Crippen LogP contribution in [0.15, 0.2) is 48.8 Å². The van der Waals surface area contributed by atoms with Gasteiger partial charge in [0, 0.05) is 38.1 Å². The van der Waals surface area contributed by atoms with Crippen LogP contribution in [0, 0.1) is 0 Å². The van der Waals surface area contributed by atoms with Crippen molar-refractivity contribution in [2.45, 2.75) is 12.7 Å². The van der Waals surface area contributed by atoms with Gasteiger partial charge in [0.25, 0.3) is 0 Å². The zero-order chi connectivity index (χ0) is 18.4. The van der Waals surface area contributed by atoms with Gasteiger partial charge in [-0.3, -0.25) is 14.7 Å². The maximum atomic E-state index is 12.5. The van der Waals surface area contributed by atoms with E-state index in [2.05, 4.69) is 20.4 Å². The summed E-state index contributed by atoms with van der Waals surface area (Å²) in [7, 11) is 0. The van der Waals surface area contributed by atoms with Gasteiger partial charge in [0.1, 0.15) is 5.75 Å². The minimum Gasteiger partial charge on any atom is -0.433 e. The highest BCUT2D eigenvalue weighted by Crippen LogP contribution is 2.26. The fourth-order valence-corrected chi connectivity index (χ4v) is 2.98. The summed E-state index contributed by atoms with van der Waals surface area (Å²) >= 11 is 0. The maximum absolute atomic E-state index is 12.5. The van der Waals surface area contributed by atoms with Crippen LogP contribution in [0.1, 0.15) is 11.6 Å². The minimum absolute atomic E-state index is 0.0238. The van der Waals surface area contributed by atoms with Crippen molar-refractivity contribution in [2.75, 3.05) is 31.5 Å². The van der Waals surface area contributed by atoms with Crippen LogP contribution in [0.5, 0.6) is 5.75 Å². The van der Waals surface area contributed by atoms with E-state index in [1.165, 1.54) is 12.1 Å². The Morgan fingerprint density at radius 3 is 2.96 bits per heavy atom. The Labute approximate surface area is 150 Å². The number of anilines is 1. The number of hydrogen-bond acceptors (Lipinski definition) is 5. The number of ether oxygens (including phenoxy) is 1. The smallest absolute Gasteiger partial charge is 0.387 e. The normalized spacial score (nSPS) is 17.9. The molecule has 138 valence electrons. The average Bonchev–Trinajstić information content (AvgIpc) is 2.64. The number of piperazine rings is 1. The highest BCUT2D eigenvalue weighted by molar-refractivity contribution is 5.93. The van der Waals surface area contributed by atoms with Crippen LogP contribution in [0.3, 0.4) is 0 Å². The monoisotopic (exact) mass is 362 g/mol. The van der Waals surface area contributed by atoms with E-state index in [1.807, 2.05) is 17.0 Å². The number of hydrogen-bond donors (Lipinski definition) is 2. The van der Waals surface area contributed by atoms with Gasteiger partial charge in [0.2, 0.25) is 5.91 Å². The molecule has 1 aliphatic heterocycles. The lowest BCUT2D eigenvalue weighted by Crippen LogP contribution is -2.48. The third-order valence-corrected chi connectivity index (χ3v) is 4.15. The van der Waals surface area contributed by atoms with Gasteiger partial charge >= 0.3 is 6.61 Å². The number of alkyl halides is 2. The summed E-state index contributed by atoms with van der Waals surface area (Å²) in [5, 5.41) is 5.97. The number of para-hydroxylation sites is 2. The Kier molecular flexibility index (Phi) is 6.08. The van der Waals surface area contributed by atoms with Crippen molar-refractivity contribution in [3.05, 3.63) is 54.4 Å². The molecule has 2 N–H and O–H groups in total. The standard InChI is InChI=1S/C18H20F2N4O2/c19-18(20)26-16-6-2-1-5-14(16)23-17(25)12-24-9-8-22-11-15(24)13-4-3-7-21-10-13/h1-7,10,15,18,22H,8-9,11-12H2,(H,23,25). The van der Waals surface area contributed by atoms with Crippen molar-refractivity contribution in [3.63, 3.8) is 0 Å². The fraction of sp³-hybridized carbons (Fsp3) is 0.333. The number of carbonyl (C=O) groups is 1. The van der Waals surface area contributed by atoms with Crippen molar-refractivity contribution in [2.24, 2.45) is 0 Å². The zero-order valence-electron chi connectivity index (χ0n) is 14.1. The molecule has 1 aromatic carbocycles. The van der Waals surface area contributed by atoms with E-state index in [1.54, 1.807) is 24.5 Å². The third kappa shape index (κ3) is 4.74. The van der Waals surface area contributed by atoms with Gasteiger partial charge in [0.05, 0.1) is 12.2 Å². The molecule has 2 heterocycles. The average molecular weight is 362 g/mol. The molecule has 1 fully saturated rings. The number of aromatic nitrogens is 1. The van der Waals surface area contributed by atoms with E-state index in [0.717, 1.165) is 12.1 Å². The Morgan fingerprint density at radius 1 is 1.35 bits per heavy atom. The molecule has 1 atom stereocenters. The number of halogens is 2. The van der Waals surface area contributed by atoms with E-state index in [9.17, 15) is 13.6 Å². The summed E-state index contributed by atoms with van der Waals surface area (Å²) < 4.78 is 29.4. The molecule has 1 aliphatic rings. The summed E-state index contributed by atoms with van der Waals surface area (Å²) in [5.74, 6) is -0.342. The van der Waals surface area contributed by atoms with Gasteiger partial charge in [0.15, 0.2) is 0 Å². The zero-order valence-corrected chi connectivity index (χ0v) is 14.1. The van der Waals surface area contributed by atoms with Crippen molar-refractivity contribution >= 4 is 11.6 Å². The molecule has 0 spiro atoms. The summed E-state index contributed by atoms with van der Waals surface area (Å²) in [5.41, 5.74) is 1.25. The van der Waals surface area contributed by atoms with Crippen LogP contribution in [0.2, 0.25) is 0 Å². The molecule has 2 aromatic rings. The first-order chi connectivity index (χ1) is 12.6. The van der Waals surface area contributed by atoms with Gasteiger partial charge in [-0.05, 0) is 23.8 Å². The van der Waals surface area contributed by atoms with E-state index >= 15 is 0 Å². The summed E-state index contributed by atoms with van der Waals surface area (Å²) in [6.07, 6.45) is 3.49. The molecule has 0 radical (unpaired) electrons. The van der Waals surface area contributed by atoms with Gasteiger partial charge in [-0.25, -0.2) is 0 Å². The number of pyridine rings is 1. The Bertz CT molecular complexity index is 730. The van der Waals surface area contributed by atoms with E-state index in [-0.39, 0.29) is 29.9 Å². The van der Waals surface area contributed by atoms with E-state index in [4.69, 9.17) is 0 Å². The Balaban J connectivity index is 1.67. The third-order valence-electron chi connectivity index (χ3n) is 4.15. The number of benzene rings is 1. The number of nitrogens with zero attached hydrogens (tertiary/aromatic N) is 2. The number of rotatable bonds is 6. The maximum Gasteiger partial charge on any atom is 0.387 e. The molecule has 1 saturated heterocycles. The number of carbonyl (C=O) groups excluding carboxylic acids is 1. The first kappa shape index (κ1) is 18.2. The fourth-order valence-electron chi connectivity index (χ4n) is 2.98. The molecule has 8 heteroatoms. The van der Waals surface area contributed by atoms with Gasteiger partial charge in [-0.2, -0.15) is 8.78 Å². The van der Waals surface area contributed by atoms with Crippen LogP contribution in [-0.4, -0.2) is 48.6 Å². The topological polar surface area (TPSA) is 66.5 Å². The van der Waals surface area contributed by atoms with Crippen LogP contribution in [0.4, 0.5) is 14.5 Å². The highest BCUT2D eigenvalue weighted by atomic mass is 19.3. The minimum atomic E-state index is -2.95. The van der Waals surface area contributed by atoms with Crippen molar-refractivity contribution in [3.8, 4) is 5.75 Å². The van der Waals surface area contributed by atoms with Gasteiger partial charge in [-0.15, -0.1) is 0 Å². The quantitative estimate of drug-likeness (QED) is 0.825. The van der Waals surface area contributed by atoms with Crippen LogP contribution in [0.25, 0.3) is 0 Å². The first-order valence-electron chi connectivity index (χ1n) is 8.32. The molecule has 1 unspecified atom stereocenters. The first-order valence-corrected chi connectivity index (χ1v) is 8.32. The van der Waals surface area contributed by atoms with Gasteiger partial charge < -0.3 is 15.4 Å². The Morgan fingerprint density at radius 2 is 2.19 bits per heavy atom. The molecule has 3 rings (SSSR count). The Hall–Kier alpha value is -2.58. The predicted octanol–water partition coefficient (Wildman–Crippen LogP) is 2.27. The van der Waals surface area contributed by atoms with E-state index in [0.29, 0.717) is 13.1 Å². The molecule has 0 bridgehead atoms. The van der Waals surface area contributed by atoms with Crippen molar-refractivity contribution < 1.29 is 18.3 Å². The van der Waals surface area contributed by atoms with Crippen LogP contribution in [-0.2, 0) is 4.79 Å². The van der Waals surface area contributed by atoms with Crippen molar-refractivity contribution in [1.29, 1.82) is 0 Å². The summed E-state index contributed by atoms with van der Waals surface area (Å²) in [6.45, 7) is -0.623. The van der Waals surface area contributed by atoms with Crippen LogP contribution < -0.4 is 15.4 Å². The second-order valence-electron chi connectivity index (χ2n) is 5.90. The largest absolute Gasteiger partial charge is 0.433 e. The predicted molar refractivity (Wildman–Crippen MR) is 93.1 cm³/mol. The lowest BCUT2D eigenvalue weighted by atomic mass is 10.1. The summed E-state index contributed by atoms with van der Waals surface area (Å²) in [4.78, 5) is 18.6.